The molecule has 0 saturated heterocycles. The molecule has 0 saturated carbocycles. The highest BCUT2D eigenvalue weighted by atomic mass is 16.5. The zero-order valence-corrected chi connectivity index (χ0v) is 8.16. The lowest BCUT2D eigenvalue weighted by Crippen LogP contribution is -1.95. The Kier molecular flexibility index (Phi) is 3.89. The van der Waals surface area contributed by atoms with Crippen LogP contribution >= 0.6 is 0 Å². The Morgan fingerprint density at radius 3 is 2.92 bits per heavy atom. The molecule has 1 aromatic rings. The van der Waals surface area contributed by atoms with Gasteiger partial charge in [0.1, 0.15) is 0 Å². The summed E-state index contributed by atoms with van der Waals surface area (Å²) in [5, 5.41) is 12.5. The van der Waals surface area contributed by atoms with Crippen molar-refractivity contribution in [3.63, 3.8) is 0 Å². The average Bonchev–Trinajstić information content (AvgIpc) is 2.62. The van der Waals surface area contributed by atoms with E-state index in [-0.39, 0.29) is 6.61 Å². The van der Waals surface area contributed by atoms with Crippen LogP contribution in [0.25, 0.3) is 0 Å². The zero-order chi connectivity index (χ0) is 9.68. The Hall–Kier alpha value is -0.900. The van der Waals surface area contributed by atoms with Crippen molar-refractivity contribution in [3.05, 3.63) is 11.7 Å². The summed E-state index contributed by atoms with van der Waals surface area (Å²) < 4.78 is 5.02. The molecule has 1 unspecified atom stereocenters. The number of hydrogen-bond donors (Lipinski definition) is 1. The predicted molar refractivity (Wildman–Crippen MR) is 48.4 cm³/mol. The van der Waals surface area contributed by atoms with Gasteiger partial charge in [-0.1, -0.05) is 19.0 Å². The van der Waals surface area contributed by atoms with Crippen molar-refractivity contribution in [2.75, 3.05) is 6.61 Å². The lowest BCUT2D eigenvalue weighted by molar-refractivity contribution is 0.278. The summed E-state index contributed by atoms with van der Waals surface area (Å²) >= 11 is 0. The van der Waals surface area contributed by atoms with Crippen LogP contribution < -0.4 is 0 Å². The van der Waals surface area contributed by atoms with E-state index in [0.29, 0.717) is 24.7 Å². The van der Waals surface area contributed by atoms with Gasteiger partial charge in [0.15, 0.2) is 5.82 Å². The Balaban J connectivity index is 2.53. The quantitative estimate of drug-likeness (QED) is 0.753. The van der Waals surface area contributed by atoms with Crippen LogP contribution in [0.3, 0.4) is 0 Å². The maximum absolute atomic E-state index is 8.60. The molecular weight excluding hydrogens is 168 g/mol. The van der Waals surface area contributed by atoms with E-state index in [4.69, 9.17) is 9.63 Å². The maximum atomic E-state index is 8.60. The van der Waals surface area contributed by atoms with Crippen molar-refractivity contribution >= 4 is 0 Å². The van der Waals surface area contributed by atoms with E-state index in [1.54, 1.807) is 0 Å². The van der Waals surface area contributed by atoms with Crippen molar-refractivity contribution in [3.8, 4) is 0 Å². The Morgan fingerprint density at radius 2 is 2.31 bits per heavy atom. The van der Waals surface area contributed by atoms with E-state index in [9.17, 15) is 0 Å². The van der Waals surface area contributed by atoms with Gasteiger partial charge in [-0.05, 0) is 12.8 Å². The van der Waals surface area contributed by atoms with Gasteiger partial charge in [0, 0.05) is 18.9 Å². The minimum atomic E-state index is 0.168. The van der Waals surface area contributed by atoms with Crippen LogP contribution in [0.5, 0.6) is 0 Å². The second kappa shape index (κ2) is 4.97. The molecule has 1 N–H and O–H groups in total. The molecule has 1 aromatic heterocycles. The molecule has 0 aromatic carbocycles. The molecule has 74 valence electrons. The molecule has 4 nitrogen and oxygen atoms in total. The van der Waals surface area contributed by atoms with Gasteiger partial charge in [-0.15, -0.1) is 0 Å². The molecule has 1 rings (SSSR count). The molecule has 4 heteroatoms. The molecule has 1 heterocycles. The van der Waals surface area contributed by atoms with Crippen LogP contribution in [0.4, 0.5) is 0 Å². The standard InChI is InChI=1S/C9H16N2O2/c1-3-7(2)9-10-8(13-11-9)5-4-6-12/h7,12H,3-6H2,1-2H3. The highest BCUT2D eigenvalue weighted by Crippen LogP contribution is 2.14. The van der Waals surface area contributed by atoms with E-state index in [1.165, 1.54) is 0 Å². The highest BCUT2D eigenvalue weighted by Gasteiger charge is 2.11. The van der Waals surface area contributed by atoms with Gasteiger partial charge < -0.3 is 9.63 Å². The summed E-state index contributed by atoms with van der Waals surface area (Å²) in [5.41, 5.74) is 0. The summed E-state index contributed by atoms with van der Waals surface area (Å²) in [6.45, 7) is 4.33. The fourth-order valence-corrected chi connectivity index (χ4v) is 0.983. The number of aliphatic hydroxyl groups excluding tert-OH is 1. The third-order valence-electron chi connectivity index (χ3n) is 2.09. The van der Waals surface area contributed by atoms with Crippen LogP contribution in [-0.2, 0) is 6.42 Å². The lowest BCUT2D eigenvalue weighted by atomic mass is 10.1. The van der Waals surface area contributed by atoms with Gasteiger partial charge in [0.05, 0.1) is 0 Å². The topological polar surface area (TPSA) is 59.2 Å². The minimum absolute atomic E-state index is 0.168. The van der Waals surface area contributed by atoms with E-state index in [2.05, 4.69) is 24.0 Å². The van der Waals surface area contributed by atoms with Gasteiger partial charge in [-0.25, -0.2) is 0 Å². The summed E-state index contributed by atoms with van der Waals surface area (Å²) in [5.74, 6) is 1.76. The molecule has 0 spiro atoms. The van der Waals surface area contributed by atoms with Crippen LogP contribution in [0.1, 0.15) is 44.3 Å². The molecular formula is C9H16N2O2. The Bertz CT molecular complexity index is 248. The normalized spacial score (nSPS) is 13.2. The number of aryl methyl sites for hydroxylation is 1. The van der Waals surface area contributed by atoms with Crippen molar-refractivity contribution in [2.45, 2.75) is 39.0 Å². The first kappa shape index (κ1) is 10.2. The van der Waals surface area contributed by atoms with E-state index in [1.807, 2.05) is 0 Å². The summed E-state index contributed by atoms with van der Waals surface area (Å²) in [6, 6.07) is 0. The summed E-state index contributed by atoms with van der Waals surface area (Å²) in [4.78, 5) is 4.23. The van der Waals surface area contributed by atoms with Gasteiger partial charge >= 0.3 is 0 Å². The fourth-order valence-electron chi connectivity index (χ4n) is 0.983. The van der Waals surface area contributed by atoms with Gasteiger partial charge in [-0.2, -0.15) is 4.98 Å². The molecule has 0 radical (unpaired) electrons. The molecule has 0 aliphatic carbocycles. The third kappa shape index (κ3) is 2.81. The largest absolute Gasteiger partial charge is 0.396 e. The van der Waals surface area contributed by atoms with Gasteiger partial charge in [0.25, 0.3) is 0 Å². The van der Waals surface area contributed by atoms with Crippen LogP contribution in [0.2, 0.25) is 0 Å². The third-order valence-corrected chi connectivity index (χ3v) is 2.09. The minimum Gasteiger partial charge on any atom is -0.396 e. The summed E-state index contributed by atoms with van der Waals surface area (Å²) in [7, 11) is 0. The number of aromatic nitrogens is 2. The molecule has 0 fully saturated rings. The number of rotatable bonds is 5. The Morgan fingerprint density at radius 1 is 1.54 bits per heavy atom. The van der Waals surface area contributed by atoms with Crippen LogP contribution in [0, 0.1) is 0 Å². The first-order valence-corrected chi connectivity index (χ1v) is 4.71. The first-order valence-electron chi connectivity index (χ1n) is 4.71. The van der Waals surface area contributed by atoms with Crippen LogP contribution in [0.15, 0.2) is 4.52 Å². The number of nitrogens with zero attached hydrogens (tertiary/aromatic N) is 2. The molecule has 1 atom stereocenters. The molecule has 0 amide bonds. The molecule has 0 aliphatic rings. The van der Waals surface area contributed by atoms with Crippen molar-refractivity contribution < 1.29 is 9.63 Å². The average molecular weight is 184 g/mol. The predicted octanol–water partition coefficient (Wildman–Crippen LogP) is 1.51. The highest BCUT2D eigenvalue weighted by molar-refractivity contribution is 4.92. The van der Waals surface area contributed by atoms with E-state index in [0.717, 1.165) is 12.2 Å². The van der Waals surface area contributed by atoms with Crippen molar-refractivity contribution in [2.24, 2.45) is 0 Å². The molecule has 13 heavy (non-hydrogen) atoms. The monoisotopic (exact) mass is 184 g/mol. The molecule has 0 aliphatic heterocycles. The zero-order valence-electron chi connectivity index (χ0n) is 8.16. The smallest absolute Gasteiger partial charge is 0.226 e. The van der Waals surface area contributed by atoms with Crippen molar-refractivity contribution in [1.82, 2.24) is 10.1 Å². The van der Waals surface area contributed by atoms with Gasteiger partial charge in [-0.3, -0.25) is 0 Å². The summed E-state index contributed by atoms with van der Waals surface area (Å²) in [6.07, 6.45) is 2.36. The fraction of sp³-hybridized carbons (Fsp3) is 0.778. The lowest BCUT2D eigenvalue weighted by Gasteiger charge is -1.98. The van der Waals surface area contributed by atoms with Crippen LogP contribution in [-0.4, -0.2) is 21.9 Å². The van der Waals surface area contributed by atoms with E-state index >= 15 is 0 Å². The first-order chi connectivity index (χ1) is 6.27. The maximum Gasteiger partial charge on any atom is 0.226 e. The Labute approximate surface area is 78.0 Å². The van der Waals surface area contributed by atoms with Crippen molar-refractivity contribution in [1.29, 1.82) is 0 Å². The van der Waals surface area contributed by atoms with Gasteiger partial charge in [0.2, 0.25) is 5.89 Å². The SMILES string of the molecule is CCC(C)c1noc(CCCO)n1. The second-order valence-electron chi connectivity index (χ2n) is 3.18. The molecule has 0 bridgehead atoms. The van der Waals surface area contributed by atoms with E-state index < -0.39 is 0 Å². The number of hydrogen-bond acceptors (Lipinski definition) is 4. The second-order valence-corrected chi connectivity index (χ2v) is 3.18. The number of aliphatic hydroxyl groups is 1.